The highest BCUT2D eigenvalue weighted by molar-refractivity contribution is 5.89. The fraction of sp³-hybridized carbons (Fsp3) is 0.467. The van der Waals surface area contributed by atoms with Gasteiger partial charge < -0.3 is 15.3 Å². The summed E-state index contributed by atoms with van der Waals surface area (Å²) < 4.78 is 0. The maximum atomic E-state index is 11.9. The number of aromatic carboxylic acids is 1. The SMILES string of the molecule is CCC(C)N(C)C(=O)NCCc1ccccc1C(=O)O. The summed E-state index contributed by atoms with van der Waals surface area (Å²) in [5.74, 6) is -0.941. The Morgan fingerprint density at radius 3 is 2.60 bits per heavy atom. The summed E-state index contributed by atoms with van der Waals surface area (Å²) in [5.41, 5.74) is 1.02. The van der Waals surface area contributed by atoms with Crippen molar-refractivity contribution in [1.82, 2.24) is 10.2 Å². The molecule has 0 saturated heterocycles. The smallest absolute Gasteiger partial charge is 0.335 e. The Kier molecular flexibility index (Phi) is 6.03. The molecular formula is C15H22N2O3. The van der Waals surface area contributed by atoms with E-state index in [0.29, 0.717) is 13.0 Å². The first-order valence-electron chi connectivity index (χ1n) is 6.79. The summed E-state index contributed by atoms with van der Waals surface area (Å²) in [5, 5.41) is 11.9. The molecule has 2 amide bonds. The molecule has 0 saturated carbocycles. The van der Waals surface area contributed by atoms with Crippen molar-refractivity contribution in [1.29, 1.82) is 0 Å². The molecule has 0 aliphatic rings. The van der Waals surface area contributed by atoms with Gasteiger partial charge in [-0.15, -0.1) is 0 Å². The second-order valence-electron chi connectivity index (χ2n) is 4.81. The molecule has 1 atom stereocenters. The Labute approximate surface area is 119 Å². The zero-order chi connectivity index (χ0) is 15.1. The lowest BCUT2D eigenvalue weighted by Gasteiger charge is -2.24. The van der Waals surface area contributed by atoms with Crippen LogP contribution < -0.4 is 5.32 Å². The molecule has 0 bridgehead atoms. The fourth-order valence-corrected chi connectivity index (χ4v) is 1.85. The van der Waals surface area contributed by atoms with Crippen LogP contribution in [0.4, 0.5) is 4.79 Å². The summed E-state index contributed by atoms with van der Waals surface area (Å²) >= 11 is 0. The first-order valence-corrected chi connectivity index (χ1v) is 6.79. The molecule has 1 unspecified atom stereocenters. The number of carbonyl (C=O) groups excluding carboxylic acids is 1. The van der Waals surface area contributed by atoms with Crippen LogP contribution in [0.1, 0.15) is 36.2 Å². The van der Waals surface area contributed by atoms with Crippen molar-refractivity contribution >= 4 is 12.0 Å². The van der Waals surface area contributed by atoms with E-state index in [1.807, 2.05) is 13.8 Å². The van der Waals surface area contributed by atoms with E-state index in [0.717, 1.165) is 12.0 Å². The van der Waals surface area contributed by atoms with Crippen LogP contribution in [0.3, 0.4) is 0 Å². The van der Waals surface area contributed by atoms with Gasteiger partial charge in [0.25, 0.3) is 0 Å². The largest absolute Gasteiger partial charge is 0.478 e. The zero-order valence-electron chi connectivity index (χ0n) is 12.2. The van der Waals surface area contributed by atoms with Crippen LogP contribution in [0.2, 0.25) is 0 Å². The van der Waals surface area contributed by atoms with Gasteiger partial charge in [-0.1, -0.05) is 25.1 Å². The van der Waals surface area contributed by atoms with E-state index in [1.54, 1.807) is 36.2 Å². The maximum Gasteiger partial charge on any atom is 0.335 e. The Morgan fingerprint density at radius 1 is 1.35 bits per heavy atom. The molecule has 1 aromatic carbocycles. The van der Waals surface area contributed by atoms with Crippen LogP contribution >= 0.6 is 0 Å². The number of hydrogen-bond acceptors (Lipinski definition) is 2. The highest BCUT2D eigenvalue weighted by atomic mass is 16.4. The number of rotatable bonds is 6. The van der Waals surface area contributed by atoms with Crippen molar-refractivity contribution in [3.05, 3.63) is 35.4 Å². The van der Waals surface area contributed by atoms with E-state index in [1.165, 1.54) is 0 Å². The number of benzene rings is 1. The summed E-state index contributed by atoms with van der Waals surface area (Å²) in [7, 11) is 1.76. The average Bonchev–Trinajstić information content (AvgIpc) is 2.45. The fourth-order valence-electron chi connectivity index (χ4n) is 1.85. The minimum atomic E-state index is -0.941. The number of nitrogens with one attached hydrogen (secondary N) is 1. The van der Waals surface area contributed by atoms with Crippen molar-refractivity contribution in [2.75, 3.05) is 13.6 Å². The Bertz CT molecular complexity index is 474. The van der Waals surface area contributed by atoms with Gasteiger partial charge in [0.15, 0.2) is 0 Å². The molecule has 0 fully saturated rings. The topological polar surface area (TPSA) is 69.6 Å². The lowest BCUT2D eigenvalue weighted by Crippen LogP contribution is -2.42. The van der Waals surface area contributed by atoms with Crippen LogP contribution in [0, 0.1) is 0 Å². The van der Waals surface area contributed by atoms with Crippen molar-refractivity contribution in [3.8, 4) is 0 Å². The Hall–Kier alpha value is -2.04. The first kappa shape index (κ1) is 16.0. The van der Waals surface area contributed by atoms with Gasteiger partial charge in [0.2, 0.25) is 0 Å². The number of carboxylic acid groups (broad SMARTS) is 1. The number of amides is 2. The quantitative estimate of drug-likeness (QED) is 0.839. The van der Waals surface area contributed by atoms with Crippen molar-refractivity contribution in [2.24, 2.45) is 0 Å². The molecule has 0 spiro atoms. The van der Waals surface area contributed by atoms with Gasteiger partial charge in [0, 0.05) is 19.6 Å². The highest BCUT2D eigenvalue weighted by Crippen LogP contribution is 2.09. The number of carboxylic acids is 1. The van der Waals surface area contributed by atoms with Crippen LogP contribution in [0.5, 0.6) is 0 Å². The predicted octanol–water partition coefficient (Wildman–Crippen LogP) is 2.37. The minimum Gasteiger partial charge on any atom is -0.478 e. The van der Waals surface area contributed by atoms with Crippen LogP contribution in [-0.2, 0) is 6.42 Å². The molecule has 0 heterocycles. The molecule has 0 radical (unpaired) electrons. The molecule has 110 valence electrons. The molecule has 1 rings (SSSR count). The van der Waals surface area contributed by atoms with E-state index >= 15 is 0 Å². The van der Waals surface area contributed by atoms with Gasteiger partial charge >= 0.3 is 12.0 Å². The number of carbonyl (C=O) groups is 2. The summed E-state index contributed by atoms with van der Waals surface area (Å²) in [6.07, 6.45) is 1.40. The molecule has 20 heavy (non-hydrogen) atoms. The molecule has 0 aliphatic heterocycles. The molecular weight excluding hydrogens is 256 g/mol. The lowest BCUT2D eigenvalue weighted by molar-refractivity contribution is 0.0695. The summed E-state index contributed by atoms with van der Waals surface area (Å²) in [6, 6.07) is 6.89. The standard InChI is InChI=1S/C15H22N2O3/c1-4-11(2)17(3)15(20)16-10-9-12-7-5-6-8-13(12)14(18)19/h5-8,11H,4,9-10H2,1-3H3,(H,16,20)(H,18,19). The van der Waals surface area contributed by atoms with Gasteiger partial charge in [0.05, 0.1) is 5.56 Å². The average molecular weight is 278 g/mol. The second-order valence-corrected chi connectivity index (χ2v) is 4.81. The predicted molar refractivity (Wildman–Crippen MR) is 78.0 cm³/mol. The van der Waals surface area contributed by atoms with E-state index in [2.05, 4.69) is 5.32 Å². The van der Waals surface area contributed by atoms with E-state index < -0.39 is 5.97 Å². The summed E-state index contributed by atoms with van der Waals surface area (Å²) in [4.78, 5) is 24.6. The number of hydrogen-bond donors (Lipinski definition) is 2. The number of nitrogens with zero attached hydrogens (tertiary/aromatic N) is 1. The zero-order valence-corrected chi connectivity index (χ0v) is 12.2. The molecule has 1 aromatic rings. The van der Waals surface area contributed by atoms with Crippen LogP contribution in [-0.4, -0.2) is 41.6 Å². The third-order valence-electron chi connectivity index (χ3n) is 3.49. The molecule has 5 nitrogen and oxygen atoms in total. The lowest BCUT2D eigenvalue weighted by atomic mass is 10.0. The van der Waals surface area contributed by atoms with Gasteiger partial charge in [-0.3, -0.25) is 0 Å². The summed E-state index contributed by atoms with van der Waals surface area (Å²) in [6.45, 7) is 4.43. The van der Waals surface area contributed by atoms with E-state index in [4.69, 9.17) is 5.11 Å². The Balaban J connectivity index is 2.53. The highest BCUT2D eigenvalue weighted by Gasteiger charge is 2.14. The molecule has 0 aromatic heterocycles. The van der Waals surface area contributed by atoms with Gasteiger partial charge in [0.1, 0.15) is 0 Å². The minimum absolute atomic E-state index is 0.132. The molecule has 5 heteroatoms. The van der Waals surface area contributed by atoms with Crippen LogP contribution in [0.15, 0.2) is 24.3 Å². The third-order valence-corrected chi connectivity index (χ3v) is 3.49. The van der Waals surface area contributed by atoms with Crippen molar-refractivity contribution < 1.29 is 14.7 Å². The molecule has 0 aliphatic carbocycles. The first-order chi connectivity index (χ1) is 9.47. The monoisotopic (exact) mass is 278 g/mol. The Morgan fingerprint density at radius 2 is 2.00 bits per heavy atom. The third kappa shape index (κ3) is 4.26. The van der Waals surface area contributed by atoms with Crippen LogP contribution in [0.25, 0.3) is 0 Å². The van der Waals surface area contributed by atoms with E-state index in [-0.39, 0.29) is 17.6 Å². The van der Waals surface area contributed by atoms with Gasteiger partial charge in [-0.2, -0.15) is 0 Å². The number of urea groups is 1. The van der Waals surface area contributed by atoms with Crippen molar-refractivity contribution in [3.63, 3.8) is 0 Å². The maximum absolute atomic E-state index is 11.9. The molecule has 2 N–H and O–H groups in total. The second kappa shape index (κ2) is 7.53. The van der Waals surface area contributed by atoms with Gasteiger partial charge in [-0.25, -0.2) is 9.59 Å². The van der Waals surface area contributed by atoms with E-state index in [9.17, 15) is 9.59 Å². The normalized spacial score (nSPS) is 11.8. The van der Waals surface area contributed by atoms with Crippen molar-refractivity contribution in [2.45, 2.75) is 32.7 Å². The van der Waals surface area contributed by atoms with Gasteiger partial charge in [-0.05, 0) is 31.4 Å².